The minimum absolute atomic E-state index is 0.0513. The molecule has 3 fully saturated rings. The monoisotopic (exact) mass is 434 g/mol. The van der Waals surface area contributed by atoms with Gasteiger partial charge in [-0.1, -0.05) is 18.2 Å². The summed E-state index contributed by atoms with van der Waals surface area (Å²) >= 11 is 0. The number of likely N-dealkylation sites (tertiary alicyclic amines) is 2. The molecule has 3 aliphatic rings. The Morgan fingerprint density at radius 2 is 1.77 bits per heavy atom. The molecule has 0 aromatic heterocycles. The standard InChI is InChI=1S/C21H30N4O4S/c1-4-25-19(26)17-14-23(20(27)22(2)3)15-18(17)21(25)10-12-24(13-11-21)30(28,29)16-8-6-5-7-9-16/h5-9,17-18H,4,10-15H2,1-3H3/t17-,18+/m0/s1. The van der Waals surface area contributed by atoms with Crippen LogP contribution in [0.5, 0.6) is 0 Å². The van der Waals surface area contributed by atoms with E-state index in [2.05, 4.69) is 0 Å². The Labute approximate surface area is 178 Å². The van der Waals surface area contributed by atoms with Crippen LogP contribution in [-0.4, -0.2) is 91.7 Å². The molecule has 164 valence electrons. The summed E-state index contributed by atoms with van der Waals surface area (Å²) in [7, 11) is -0.102. The molecule has 0 N–H and O–H groups in total. The van der Waals surface area contributed by atoms with E-state index in [9.17, 15) is 18.0 Å². The van der Waals surface area contributed by atoms with Crippen LogP contribution in [0.15, 0.2) is 35.2 Å². The van der Waals surface area contributed by atoms with Crippen LogP contribution in [0.2, 0.25) is 0 Å². The van der Waals surface area contributed by atoms with Gasteiger partial charge in [0.25, 0.3) is 0 Å². The Balaban J connectivity index is 1.57. The summed E-state index contributed by atoms with van der Waals surface area (Å²) < 4.78 is 27.6. The van der Waals surface area contributed by atoms with E-state index in [0.29, 0.717) is 50.5 Å². The molecule has 0 unspecified atom stereocenters. The first-order valence-electron chi connectivity index (χ1n) is 10.6. The second-order valence-electron chi connectivity index (χ2n) is 8.70. The number of benzene rings is 1. The highest BCUT2D eigenvalue weighted by Gasteiger charge is 2.62. The van der Waals surface area contributed by atoms with Crippen LogP contribution >= 0.6 is 0 Å². The van der Waals surface area contributed by atoms with Crippen molar-refractivity contribution in [3.05, 3.63) is 30.3 Å². The van der Waals surface area contributed by atoms with E-state index in [1.54, 1.807) is 54.2 Å². The maximum absolute atomic E-state index is 13.2. The number of hydrogen-bond donors (Lipinski definition) is 0. The van der Waals surface area contributed by atoms with Gasteiger partial charge in [-0.25, -0.2) is 13.2 Å². The van der Waals surface area contributed by atoms with E-state index >= 15 is 0 Å². The molecule has 2 atom stereocenters. The molecule has 3 saturated heterocycles. The Kier molecular flexibility index (Phi) is 5.30. The fraction of sp³-hybridized carbons (Fsp3) is 0.619. The molecule has 0 bridgehead atoms. The molecular weight excluding hydrogens is 404 g/mol. The van der Waals surface area contributed by atoms with Crippen molar-refractivity contribution >= 4 is 22.0 Å². The largest absolute Gasteiger partial charge is 0.337 e. The van der Waals surface area contributed by atoms with Gasteiger partial charge in [0, 0.05) is 52.7 Å². The summed E-state index contributed by atoms with van der Waals surface area (Å²) in [6.07, 6.45) is 1.20. The van der Waals surface area contributed by atoms with Gasteiger partial charge in [0.1, 0.15) is 0 Å². The van der Waals surface area contributed by atoms with E-state index in [1.807, 2.05) is 11.8 Å². The number of amides is 3. The summed E-state index contributed by atoms with van der Waals surface area (Å²) in [6, 6.07) is 8.43. The number of piperidine rings is 1. The highest BCUT2D eigenvalue weighted by molar-refractivity contribution is 7.89. The quantitative estimate of drug-likeness (QED) is 0.718. The Morgan fingerprint density at radius 1 is 1.13 bits per heavy atom. The first kappa shape index (κ1) is 21.1. The van der Waals surface area contributed by atoms with Crippen molar-refractivity contribution in [2.24, 2.45) is 11.8 Å². The highest BCUT2D eigenvalue weighted by Crippen LogP contribution is 2.50. The summed E-state index contributed by atoms with van der Waals surface area (Å²) in [5.41, 5.74) is -0.374. The number of sulfonamides is 1. The van der Waals surface area contributed by atoms with Gasteiger partial charge >= 0.3 is 6.03 Å². The lowest BCUT2D eigenvalue weighted by molar-refractivity contribution is -0.134. The topological polar surface area (TPSA) is 81.2 Å². The van der Waals surface area contributed by atoms with Crippen molar-refractivity contribution in [1.82, 2.24) is 19.0 Å². The van der Waals surface area contributed by atoms with Crippen LogP contribution in [0, 0.1) is 11.8 Å². The minimum Gasteiger partial charge on any atom is -0.337 e. The molecule has 1 aromatic rings. The molecule has 1 aromatic carbocycles. The average Bonchev–Trinajstić information content (AvgIpc) is 3.27. The summed E-state index contributed by atoms with van der Waals surface area (Å²) in [5.74, 6) is -0.0301. The van der Waals surface area contributed by atoms with Gasteiger partial charge in [0.05, 0.1) is 16.4 Å². The molecule has 0 radical (unpaired) electrons. The number of urea groups is 1. The lowest BCUT2D eigenvalue weighted by Gasteiger charge is -2.47. The number of carbonyl (C=O) groups is 2. The zero-order valence-electron chi connectivity index (χ0n) is 17.8. The van der Waals surface area contributed by atoms with Gasteiger partial charge in [-0.2, -0.15) is 4.31 Å². The predicted octanol–water partition coefficient (Wildman–Crippen LogP) is 1.30. The normalized spacial score (nSPS) is 26.3. The fourth-order valence-corrected chi connectivity index (χ4v) is 7.09. The molecule has 30 heavy (non-hydrogen) atoms. The molecule has 9 heteroatoms. The molecule has 0 saturated carbocycles. The Bertz CT molecular complexity index is 926. The molecule has 3 amide bonds. The van der Waals surface area contributed by atoms with Gasteiger partial charge < -0.3 is 14.7 Å². The van der Waals surface area contributed by atoms with Crippen LogP contribution < -0.4 is 0 Å². The van der Waals surface area contributed by atoms with Crippen molar-refractivity contribution in [3.63, 3.8) is 0 Å². The number of carbonyl (C=O) groups excluding carboxylic acids is 2. The number of rotatable bonds is 3. The number of fused-ring (bicyclic) bond motifs is 2. The highest BCUT2D eigenvalue weighted by atomic mass is 32.2. The molecule has 0 aliphatic carbocycles. The summed E-state index contributed by atoms with van der Waals surface area (Å²) in [5, 5.41) is 0. The molecule has 1 spiro atoms. The van der Waals surface area contributed by atoms with Crippen molar-refractivity contribution in [3.8, 4) is 0 Å². The van der Waals surface area contributed by atoms with Crippen molar-refractivity contribution < 1.29 is 18.0 Å². The second-order valence-corrected chi connectivity index (χ2v) is 10.6. The first-order valence-corrected chi connectivity index (χ1v) is 12.0. The molecular formula is C21H30N4O4S. The van der Waals surface area contributed by atoms with E-state index in [-0.39, 0.29) is 29.3 Å². The molecule has 8 nitrogen and oxygen atoms in total. The maximum Gasteiger partial charge on any atom is 0.319 e. The lowest BCUT2D eigenvalue weighted by Crippen LogP contribution is -2.58. The van der Waals surface area contributed by atoms with Crippen LogP contribution in [0.25, 0.3) is 0 Å². The van der Waals surface area contributed by atoms with Crippen LogP contribution in [0.3, 0.4) is 0 Å². The van der Waals surface area contributed by atoms with Gasteiger partial charge in [0.15, 0.2) is 0 Å². The predicted molar refractivity (Wildman–Crippen MR) is 112 cm³/mol. The molecule has 3 heterocycles. The van der Waals surface area contributed by atoms with E-state index in [0.717, 1.165) is 0 Å². The molecule has 4 rings (SSSR count). The zero-order valence-corrected chi connectivity index (χ0v) is 18.6. The number of nitrogens with zero attached hydrogens (tertiary/aromatic N) is 4. The zero-order chi connectivity index (χ0) is 21.7. The fourth-order valence-electron chi connectivity index (χ4n) is 5.62. The van der Waals surface area contributed by atoms with Crippen molar-refractivity contribution in [2.45, 2.75) is 30.2 Å². The van der Waals surface area contributed by atoms with Crippen LogP contribution in [0.4, 0.5) is 4.79 Å². The lowest BCUT2D eigenvalue weighted by atomic mass is 9.75. The summed E-state index contributed by atoms with van der Waals surface area (Å²) in [6.45, 7) is 4.35. The average molecular weight is 435 g/mol. The SMILES string of the molecule is CCN1C(=O)[C@H]2CN(C(=O)N(C)C)C[C@H]2C12CCN(S(=O)(=O)c1ccccc1)CC2. The van der Waals surface area contributed by atoms with Crippen molar-refractivity contribution in [1.29, 1.82) is 0 Å². The number of hydrogen-bond acceptors (Lipinski definition) is 4. The smallest absolute Gasteiger partial charge is 0.319 e. The van der Waals surface area contributed by atoms with E-state index in [4.69, 9.17) is 0 Å². The van der Waals surface area contributed by atoms with Gasteiger partial charge in [-0.05, 0) is 31.9 Å². The maximum atomic E-state index is 13.2. The van der Waals surface area contributed by atoms with Crippen molar-refractivity contribution in [2.75, 3.05) is 46.8 Å². The molecule has 3 aliphatic heterocycles. The van der Waals surface area contributed by atoms with Gasteiger partial charge in [-0.15, -0.1) is 0 Å². The second kappa shape index (κ2) is 7.53. The van der Waals surface area contributed by atoms with E-state index < -0.39 is 10.0 Å². The van der Waals surface area contributed by atoms with Gasteiger partial charge in [0.2, 0.25) is 15.9 Å². The third kappa shape index (κ3) is 3.10. The third-order valence-electron chi connectivity index (χ3n) is 7.07. The Morgan fingerprint density at radius 3 is 2.33 bits per heavy atom. The Hall–Kier alpha value is -2.13. The first-order chi connectivity index (χ1) is 14.2. The van der Waals surface area contributed by atoms with E-state index in [1.165, 1.54) is 4.31 Å². The van der Waals surface area contributed by atoms with Crippen LogP contribution in [0.1, 0.15) is 19.8 Å². The minimum atomic E-state index is -3.54. The summed E-state index contributed by atoms with van der Waals surface area (Å²) in [4.78, 5) is 31.2. The van der Waals surface area contributed by atoms with Crippen LogP contribution in [-0.2, 0) is 14.8 Å². The van der Waals surface area contributed by atoms with Gasteiger partial charge in [-0.3, -0.25) is 4.79 Å². The third-order valence-corrected chi connectivity index (χ3v) is 8.98.